The predicted molar refractivity (Wildman–Crippen MR) is 93.5 cm³/mol. The normalized spacial score (nSPS) is 10.6. The minimum atomic E-state index is -1.10. The molecule has 0 saturated carbocycles. The van der Waals surface area contributed by atoms with Gasteiger partial charge in [-0.15, -0.1) is 0 Å². The van der Waals surface area contributed by atoms with Crippen LogP contribution in [0.5, 0.6) is 0 Å². The number of hydrogen-bond acceptors (Lipinski definition) is 1. The third kappa shape index (κ3) is 3.41. The molecule has 0 aliphatic rings. The van der Waals surface area contributed by atoms with E-state index in [1.807, 2.05) is 42.5 Å². The molecular weight excluding hydrogens is 284 g/mol. The van der Waals surface area contributed by atoms with Crippen molar-refractivity contribution in [1.29, 1.82) is 0 Å². The van der Waals surface area contributed by atoms with Crippen molar-refractivity contribution in [3.8, 4) is 0 Å². The summed E-state index contributed by atoms with van der Waals surface area (Å²) >= 11 is 0. The average molecular weight is 301 g/mol. The molecule has 0 aliphatic heterocycles. The van der Waals surface area contributed by atoms with Crippen LogP contribution >= 0.6 is 0 Å². The summed E-state index contributed by atoms with van der Waals surface area (Å²) in [6.07, 6.45) is 0. The van der Waals surface area contributed by atoms with E-state index >= 15 is 0 Å². The van der Waals surface area contributed by atoms with Gasteiger partial charge < -0.3 is 0 Å². The van der Waals surface area contributed by atoms with Gasteiger partial charge in [0.15, 0.2) is 5.78 Å². The first-order valence-corrected chi connectivity index (χ1v) is 9.10. The molecule has 0 N–H and O–H groups in total. The molecule has 3 aromatic rings. The van der Waals surface area contributed by atoms with Crippen LogP contribution in [0.3, 0.4) is 0 Å². The van der Waals surface area contributed by atoms with Gasteiger partial charge >= 0.3 is 0 Å². The third-order valence-electron chi connectivity index (χ3n) is 3.68. The Labute approximate surface area is 132 Å². The fourth-order valence-corrected chi connectivity index (χ4v) is 4.99. The number of carbonyl (C=O) groups is 1. The van der Waals surface area contributed by atoms with E-state index < -0.39 is 8.80 Å². The Morgan fingerprint density at radius 2 is 1.05 bits per heavy atom. The van der Waals surface area contributed by atoms with Gasteiger partial charge in [-0.2, -0.15) is 0 Å². The summed E-state index contributed by atoms with van der Waals surface area (Å²) in [4.78, 5) is 12.6. The van der Waals surface area contributed by atoms with E-state index in [0.717, 1.165) is 5.56 Å². The summed E-state index contributed by atoms with van der Waals surface area (Å²) < 4.78 is 0. The molecular formula is C20H17OSi. The highest BCUT2D eigenvalue weighted by Crippen LogP contribution is 2.07. The Balaban J connectivity index is 1.91. The molecule has 0 spiro atoms. The van der Waals surface area contributed by atoms with E-state index in [0.29, 0.717) is 6.04 Å². The zero-order valence-electron chi connectivity index (χ0n) is 12.3. The minimum absolute atomic E-state index is 0.224. The Hall–Kier alpha value is -2.45. The molecule has 3 rings (SSSR count). The standard InChI is InChI=1S/C20H17OSi/c21-20(17-10-4-1-5-11-17)16-22(18-12-6-2-7-13-18)19-14-8-3-9-15-19/h1-15H,16H2. The number of Topliss-reactive ketones (excluding diaryl/α,β-unsaturated/α-hetero) is 1. The first-order valence-electron chi connectivity index (χ1n) is 7.39. The van der Waals surface area contributed by atoms with Gasteiger partial charge in [0.05, 0.1) is 0 Å². The number of ketones is 1. The maximum Gasteiger partial charge on any atom is 0.160 e. The fourth-order valence-electron chi connectivity index (χ4n) is 2.54. The second-order valence-electron chi connectivity index (χ2n) is 5.18. The Morgan fingerprint density at radius 3 is 1.50 bits per heavy atom. The molecule has 3 aromatic carbocycles. The minimum Gasteiger partial charge on any atom is -0.295 e. The van der Waals surface area contributed by atoms with Crippen LogP contribution < -0.4 is 10.4 Å². The van der Waals surface area contributed by atoms with E-state index in [1.54, 1.807) is 0 Å². The summed E-state index contributed by atoms with van der Waals surface area (Å²) in [6.45, 7) is 0. The van der Waals surface area contributed by atoms with Crippen LogP contribution in [0.1, 0.15) is 10.4 Å². The summed E-state index contributed by atoms with van der Waals surface area (Å²) in [5.74, 6) is 0.224. The highest BCUT2D eigenvalue weighted by Gasteiger charge is 2.21. The fraction of sp³-hybridized carbons (Fsp3) is 0.0500. The van der Waals surface area contributed by atoms with Gasteiger partial charge in [0.2, 0.25) is 0 Å². The monoisotopic (exact) mass is 301 g/mol. The van der Waals surface area contributed by atoms with Crippen LogP contribution in [0.25, 0.3) is 0 Å². The molecule has 107 valence electrons. The molecule has 2 heteroatoms. The van der Waals surface area contributed by atoms with Gasteiger partial charge in [0.1, 0.15) is 8.80 Å². The van der Waals surface area contributed by atoms with E-state index in [1.165, 1.54) is 10.4 Å². The molecule has 0 bridgehead atoms. The van der Waals surface area contributed by atoms with Gasteiger partial charge in [-0.3, -0.25) is 4.79 Å². The lowest BCUT2D eigenvalue weighted by Crippen LogP contribution is -2.43. The second kappa shape index (κ2) is 7.01. The largest absolute Gasteiger partial charge is 0.295 e. The van der Waals surface area contributed by atoms with Crippen molar-refractivity contribution in [3.05, 3.63) is 96.6 Å². The second-order valence-corrected chi connectivity index (χ2v) is 7.64. The molecule has 0 aliphatic carbocycles. The van der Waals surface area contributed by atoms with Gasteiger partial charge in [0, 0.05) is 11.6 Å². The molecule has 0 amide bonds. The predicted octanol–water partition coefficient (Wildman–Crippen LogP) is 3.18. The smallest absolute Gasteiger partial charge is 0.160 e. The summed E-state index contributed by atoms with van der Waals surface area (Å²) in [5.41, 5.74) is 0.803. The molecule has 0 heterocycles. The lowest BCUT2D eigenvalue weighted by molar-refractivity contribution is 0.101. The number of hydrogen-bond donors (Lipinski definition) is 0. The van der Waals surface area contributed by atoms with Crippen LogP contribution in [-0.2, 0) is 0 Å². The summed E-state index contributed by atoms with van der Waals surface area (Å²) in [7, 11) is -1.10. The van der Waals surface area contributed by atoms with Crippen molar-refractivity contribution in [2.75, 3.05) is 0 Å². The van der Waals surface area contributed by atoms with Crippen molar-refractivity contribution < 1.29 is 4.79 Å². The van der Waals surface area contributed by atoms with Crippen LogP contribution in [-0.4, -0.2) is 14.6 Å². The maximum atomic E-state index is 12.6. The van der Waals surface area contributed by atoms with Crippen molar-refractivity contribution in [3.63, 3.8) is 0 Å². The SMILES string of the molecule is O=C(C[Si](c1ccccc1)c1ccccc1)c1ccccc1. The van der Waals surface area contributed by atoms with Crippen molar-refractivity contribution in [2.24, 2.45) is 0 Å². The van der Waals surface area contributed by atoms with E-state index in [4.69, 9.17) is 0 Å². The topological polar surface area (TPSA) is 17.1 Å². The molecule has 1 radical (unpaired) electrons. The van der Waals surface area contributed by atoms with E-state index in [-0.39, 0.29) is 5.78 Å². The van der Waals surface area contributed by atoms with Crippen LogP contribution in [0.4, 0.5) is 0 Å². The van der Waals surface area contributed by atoms with Gasteiger partial charge in [-0.1, -0.05) is 101 Å². The maximum absolute atomic E-state index is 12.6. The Kier molecular flexibility index (Phi) is 4.61. The molecule has 22 heavy (non-hydrogen) atoms. The number of carbonyl (C=O) groups excluding carboxylic acids is 1. The van der Waals surface area contributed by atoms with E-state index in [9.17, 15) is 4.79 Å². The van der Waals surface area contributed by atoms with Gasteiger partial charge in [0.25, 0.3) is 0 Å². The zero-order valence-corrected chi connectivity index (χ0v) is 13.3. The van der Waals surface area contributed by atoms with Gasteiger partial charge in [-0.05, 0) is 0 Å². The molecule has 0 atom stereocenters. The molecule has 0 fully saturated rings. The lowest BCUT2D eigenvalue weighted by Gasteiger charge is -2.15. The quantitative estimate of drug-likeness (QED) is 0.522. The van der Waals surface area contributed by atoms with Crippen LogP contribution in [0.2, 0.25) is 6.04 Å². The van der Waals surface area contributed by atoms with Crippen molar-refractivity contribution >= 4 is 25.0 Å². The zero-order chi connectivity index (χ0) is 15.2. The Bertz CT molecular complexity index is 684. The molecule has 0 unspecified atom stereocenters. The highest BCUT2D eigenvalue weighted by atomic mass is 28.3. The van der Waals surface area contributed by atoms with E-state index in [2.05, 4.69) is 48.5 Å². The number of rotatable bonds is 5. The molecule has 0 aromatic heterocycles. The summed E-state index contributed by atoms with van der Waals surface area (Å²) in [5, 5.41) is 2.56. The third-order valence-corrected chi connectivity index (χ3v) is 6.41. The average Bonchev–Trinajstić information content (AvgIpc) is 2.62. The van der Waals surface area contributed by atoms with Crippen LogP contribution in [0, 0.1) is 0 Å². The lowest BCUT2D eigenvalue weighted by atomic mass is 10.2. The first kappa shape index (κ1) is 14.5. The summed E-state index contributed by atoms with van der Waals surface area (Å²) in [6, 6.07) is 31.0. The first-order chi connectivity index (χ1) is 10.8. The van der Waals surface area contributed by atoms with Crippen molar-refractivity contribution in [2.45, 2.75) is 6.04 Å². The van der Waals surface area contributed by atoms with Gasteiger partial charge in [-0.25, -0.2) is 0 Å². The van der Waals surface area contributed by atoms with Crippen molar-refractivity contribution in [1.82, 2.24) is 0 Å². The van der Waals surface area contributed by atoms with Crippen LogP contribution in [0.15, 0.2) is 91.0 Å². The molecule has 1 nitrogen and oxygen atoms in total. The molecule has 0 saturated heterocycles. The number of benzene rings is 3. The Morgan fingerprint density at radius 1 is 0.636 bits per heavy atom. The highest BCUT2D eigenvalue weighted by molar-refractivity contribution is 6.87.